The number of benzene rings is 1. The minimum Gasteiger partial charge on any atom is -0.454 e. The number of hydrogen-bond donors (Lipinski definition) is 0. The summed E-state index contributed by atoms with van der Waals surface area (Å²) < 4.78 is 10.8. The Balaban J connectivity index is 1.61. The van der Waals surface area contributed by atoms with Crippen molar-refractivity contribution in [2.75, 3.05) is 26.4 Å². The highest BCUT2D eigenvalue weighted by atomic mass is 16.7. The molecule has 0 aliphatic carbocycles. The molecule has 0 saturated carbocycles. The predicted octanol–water partition coefficient (Wildman–Crippen LogP) is 2.51. The van der Waals surface area contributed by atoms with Crippen LogP contribution in [0.15, 0.2) is 18.2 Å². The maximum Gasteiger partial charge on any atom is 0.231 e. The van der Waals surface area contributed by atoms with Gasteiger partial charge in [0.15, 0.2) is 11.5 Å². The van der Waals surface area contributed by atoms with Crippen LogP contribution in [0.5, 0.6) is 11.5 Å². The summed E-state index contributed by atoms with van der Waals surface area (Å²) in [5, 5.41) is 8.61. The first-order valence-corrected chi connectivity index (χ1v) is 6.85. The van der Waals surface area contributed by atoms with Gasteiger partial charge in [0.1, 0.15) is 0 Å². The normalized spacial score (nSPS) is 19.3. The largest absolute Gasteiger partial charge is 0.454 e. The maximum atomic E-state index is 8.61. The molecule has 0 bridgehead atoms. The predicted molar refractivity (Wildman–Crippen MR) is 71.2 cm³/mol. The van der Waals surface area contributed by atoms with E-state index in [4.69, 9.17) is 14.7 Å². The van der Waals surface area contributed by atoms with E-state index in [9.17, 15) is 0 Å². The van der Waals surface area contributed by atoms with Crippen molar-refractivity contribution in [3.63, 3.8) is 0 Å². The van der Waals surface area contributed by atoms with Gasteiger partial charge in [-0.3, -0.25) is 0 Å². The SMILES string of the molecule is N#CCCN1CCC(c2ccc3c(c2)OCO3)CC1. The van der Waals surface area contributed by atoms with Crippen LogP contribution >= 0.6 is 0 Å². The Morgan fingerprint density at radius 3 is 2.79 bits per heavy atom. The summed E-state index contributed by atoms with van der Waals surface area (Å²) in [5.41, 5.74) is 1.35. The molecule has 1 saturated heterocycles. The third kappa shape index (κ3) is 2.66. The van der Waals surface area contributed by atoms with Gasteiger partial charge in [0.2, 0.25) is 6.79 Å². The molecular weight excluding hydrogens is 240 g/mol. The zero-order valence-corrected chi connectivity index (χ0v) is 11.0. The molecule has 3 rings (SSSR count). The molecule has 1 fully saturated rings. The van der Waals surface area contributed by atoms with Gasteiger partial charge in [0, 0.05) is 13.0 Å². The van der Waals surface area contributed by atoms with Crippen LogP contribution in [0.4, 0.5) is 0 Å². The number of nitriles is 1. The maximum absolute atomic E-state index is 8.61. The number of rotatable bonds is 3. The van der Waals surface area contributed by atoms with Gasteiger partial charge < -0.3 is 14.4 Å². The molecule has 2 aliphatic rings. The molecule has 0 N–H and O–H groups in total. The molecule has 1 aromatic rings. The van der Waals surface area contributed by atoms with Crippen LogP contribution in [0, 0.1) is 11.3 Å². The van der Waals surface area contributed by atoms with E-state index in [1.165, 1.54) is 5.56 Å². The van der Waals surface area contributed by atoms with Crippen molar-refractivity contribution in [2.45, 2.75) is 25.2 Å². The molecule has 2 heterocycles. The molecule has 0 radical (unpaired) electrons. The highest BCUT2D eigenvalue weighted by Gasteiger charge is 2.22. The molecule has 4 heteroatoms. The lowest BCUT2D eigenvalue weighted by atomic mass is 9.89. The average molecular weight is 258 g/mol. The van der Waals surface area contributed by atoms with Gasteiger partial charge >= 0.3 is 0 Å². The Morgan fingerprint density at radius 1 is 1.21 bits per heavy atom. The van der Waals surface area contributed by atoms with E-state index in [1.54, 1.807) is 0 Å². The van der Waals surface area contributed by atoms with Crippen LogP contribution in [-0.2, 0) is 0 Å². The summed E-state index contributed by atoms with van der Waals surface area (Å²) in [7, 11) is 0. The molecule has 0 spiro atoms. The average Bonchev–Trinajstić information content (AvgIpc) is 2.93. The molecule has 0 unspecified atom stereocenters. The van der Waals surface area contributed by atoms with E-state index in [0.717, 1.165) is 44.0 Å². The van der Waals surface area contributed by atoms with Crippen molar-refractivity contribution < 1.29 is 9.47 Å². The Labute approximate surface area is 113 Å². The summed E-state index contributed by atoms with van der Waals surface area (Å²) in [4.78, 5) is 2.38. The van der Waals surface area contributed by atoms with Crippen molar-refractivity contribution in [1.29, 1.82) is 5.26 Å². The Morgan fingerprint density at radius 2 is 2.00 bits per heavy atom. The lowest BCUT2D eigenvalue weighted by Crippen LogP contribution is -2.33. The summed E-state index contributed by atoms with van der Waals surface area (Å²) in [6, 6.07) is 8.51. The van der Waals surface area contributed by atoms with Crippen LogP contribution < -0.4 is 9.47 Å². The van der Waals surface area contributed by atoms with Crippen molar-refractivity contribution >= 4 is 0 Å². The molecule has 0 amide bonds. The second-order valence-electron chi connectivity index (χ2n) is 5.14. The summed E-state index contributed by atoms with van der Waals surface area (Å²) in [5.74, 6) is 2.34. The van der Waals surface area contributed by atoms with Gasteiger partial charge in [-0.25, -0.2) is 0 Å². The third-order valence-corrected chi connectivity index (χ3v) is 4.00. The Bertz CT molecular complexity index is 487. The monoisotopic (exact) mass is 258 g/mol. The van der Waals surface area contributed by atoms with Crippen molar-refractivity contribution in [2.24, 2.45) is 0 Å². The fourth-order valence-electron chi connectivity index (χ4n) is 2.87. The molecular formula is C15H18N2O2. The smallest absolute Gasteiger partial charge is 0.231 e. The molecule has 0 atom stereocenters. The summed E-state index contributed by atoms with van der Waals surface area (Å²) in [6.45, 7) is 3.41. The Kier molecular flexibility index (Phi) is 3.56. The Hall–Kier alpha value is -1.73. The van der Waals surface area contributed by atoms with Crippen LogP contribution in [0.2, 0.25) is 0 Å². The zero-order valence-electron chi connectivity index (χ0n) is 11.0. The molecule has 2 aliphatic heterocycles. The topological polar surface area (TPSA) is 45.5 Å². The highest BCUT2D eigenvalue weighted by molar-refractivity contribution is 5.45. The van der Waals surface area contributed by atoms with E-state index in [1.807, 2.05) is 6.07 Å². The van der Waals surface area contributed by atoms with E-state index < -0.39 is 0 Å². The van der Waals surface area contributed by atoms with Gasteiger partial charge in [0.25, 0.3) is 0 Å². The lowest BCUT2D eigenvalue weighted by molar-refractivity contribution is 0.174. The van der Waals surface area contributed by atoms with Crippen LogP contribution in [-0.4, -0.2) is 31.3 Å². The van der Waals surface area contributed by atoms with E-state index >= 15 is 0 Å². The molecule has 0 aromatic heterocycles. The minimum atomic E-state index is 0.339. The van der Waals surface area contributed by atoms with Crippen molar-refractivity contribution in [3.05, 3.63) is 23.8 Å². The van der Waals surface area contributed by atoms with Gasteiger partial charge in [-0.05, 0) is 49.5 Å². The number of fused-ring (bicyclic) bond motifs is 1. The number of nitrogens with zero attached hydrogens (tertiary/aromatic N) is 2. The second kappa shape index (κ2) is 5.50. The van der Waals surface area contributed by atoms with Crippen molar-refractivity contribution in [3.8, 4) is 17.6 Å². The summed E-state index contributed by atoms with van der Waals surface area (Å²) in [6.07, 6.45) is 2.95. The van der Waals surface area contributed by atoms with Gasteiger partial charge in [-0.15, -0.1) is 0 Å². The first-order valence-electron chi connectivity index (χ1n) is 6.85. The zero-order chi connectivity index (χ0) is 13.1. The van der Waals surface area contributed by atoms with Crippen LogP contribution in [0.3, 0.4) is 0 Å². The van der Waals surface area contributed by atoms with E-state index in [2.05, 4.69) is 23.1 Å². The summed E-state index contributed by atoms with van der Waals surface area (Å²) >= 11 is 0. The van der Waals surface area contributed by atoms with Gasteiger partial charge in [-0.1, -0.05) is 6.07 Å². The number of hydrogen-bond acceptors (Lipinski definition) is 4. The highest BCUT2D eigenvalue weighted by Crippen LogP contribution is 2.37. The standard InChI is InChI=1S/C15H18N2O2/c16-6-1-7-17-8-4-12(5-9-17)13-2-3-14-15(10-13)19-11-18-14/h2-3,10,12H,1,4-5,7-9,11H2. The van der Waals surface area contributed by atoms with E-state index in [-0.39, 0.29) is 0 Å². The first-order chi connectivity index (χ1) is 9.36. The third-order valence-electron chi connectivity index (χ3n) is 4.00. The quantitative estimate of drug-likeness (QED) is 0.835. The minimum absolute atomic E-state index is 0.339. The molecule has 100 valence electrons. The fraction of sp³-hybridized carbons (Fsp3) is 0.533. The van der Waals surface area contributed by atoms with Crippen molar-refractivity contribution in [1.82, 2.24) is 4.90 Å². The van der Waals surface area contributed by atoms with Crippen LogP contribution in [0.1, 0.15) is 30.7 Å². The lowest BCUT2D eigenvalue weighted by Gasteiger charge is -2.31. The number of ether oxygens (including phenoxy) is 2. The fourth-order valence-corrected chi connectivity index (χ4v) is 2.87. The molecule has 4 nitrogen and oxygen atoms in total. The second-order valence-corrected chi connectivity index (χ2v) is 5.14. The molecule has 1 aromatic carbocycles. The number of likely N-dealkylation sites (tertiary alicyclic amines) is 1. The van der Waals surface area contributed by atoms with Gasteiger partial charge in [0.05, 0.1) is 6.07 Å². The van der Waals surface area contributed by atoms with E-state index in [0.29, 0.717) is 19.1 Å². The van der Waals surface area contributed by atoms with Gasteiger partial charge in [-0.2, -0.15) is 5.26 Å². The number of piperidine rings is 1. The first kappa shape index (κ1) is 12.3. The molecule has 19 heavy (non-hydrogen) atoms. The van der Waals surface area contributed by atoms with Crippen LogP contribution in [0.25, 0.3) is 0 Å².